The zero-order valence-corrected chi connectivity index (χ0v) is 11.8. The number of nitrogens with zero attached hydrogens (tertiary/aromatic N) is 2. The summed E-state index contributed by atoms with van der Waals surface area (Å²) in [7, 11) is 0. The second-order valence-corrected chi connectivity index (χ2v) is 5.40. The molecular formula is C15H25N3. The van der Waals surface area contributed by atoms with E-state index in [0.717, 1.165) is 25.3 Å². The van der Waals surface area contributed by atoms with Gasteiger partial charge < -0.3 is 5.32 Å². The third-order valence-corrected chi connectivity index (χ3v) is 3.88. The summed E-state index contributed by atoms with van der Waals surface area (Å²) in [6.07, 6.45) is 2.42. The van der Waals surface area contributed by atoms with Crippen molar-refractivity contribution >= 4 is 0 Å². The molecule has 1 aliphatic rings. The second-order valence-electron chi connectivity index (χ2n) is 5.40. The van der Waals surface area contributed by atoms with Crippen LogP contribution in [0.25, 0.3) is 0 Å². The Morgan fingerprint density at radius 1 is 1.44 bits per heavy atom. The lowest BCUT2D eigenvalue weighted by Gasteiger charge is -2.28. The van der Waals surface area contributed by atoms with Crippen LogP contribution in [0.3, 0.4) is 0 Å². The topological polar surface area (TPSA) is 28.2 Å². The van der Waals surface area contributed by atoms with Crippen molar-refractivity contribution in [2.75, 3.05) is 13.1 Å². The first-order chi connectivity index (χ1) is 8.69. The zero-order chi connectivity index (χ0) is 13.0. The number of nitrogens with one attached hydrogen (secondary N) is 1. The quantitative estimate of drug-likeness (QED) is 0.888. The van der Waals surface area contributed by atoms with Crippen molar-refractivity contribution in [3.05, 3.63) is 29.6 Å². The van der Waals surface area contributed by atoms with E-state index in [1.807, 2.05) is 0 Å². The number of pyridine rings is 1. The molecule has 1 aromatic rings. The molecule has 1 saturated heterocycles. The van der Waals surface area contributed by atoms with E-state index in [9.17, 15) is 0 Å². The van der Waals surface area contributed by atoms with Crippen molar-refractivity contribution in [2.24, 2.45) is 0 Å². The van der Waals surface area contributed by atoms with Gasteiger partial charge in [0.2, 0.25) is 0 Å². The van der Waals surface area contributed by atoms with Crippen molar-refractivity contribution in [3.8, 4) is 0 Å². The molecule has 0 aromatic carbocycles. The average molecular weight is 247 g/mol. The molecule has 1 aliphatic heterocycles. The van der Waals surface area contributed by atoms with Crippen LogP contribution in [0.15, 0.2) is 18.2 Å². The molecule has 2 unspecified atom stereocenters. The minimum absolute atomic E-state index is 0.625. The van der Waals surface area contributed by atoms with Gasteiger partial charge in [-0.3, -0.25) is 9.88 Å². The van der Waals surface area contributed by atoms with Crippen molar-refractivity contribution < 1.29 is 0 Å². The summed E-state index contributed by atoms with van der Waals surface area (Å²) in [6.45, 7) is 9.89. The fourth-order valence-electron chi connectivity index (χ4n) is 2.60. The van der Waals surface area contributed by atoms with Crippen LogP contribution in [0.5, 0.6) is 0 Å². The molecule has 3 heteroatoms. The van der Waals surface area contributed by atoms with Gasteiger partial charge in [0.1, 0.15) is 0 Å². The Morgan fingerprint density at radius 3 is 3.00 bits per heavy atom. The van der Waals surface area contributed by atoms with Crippen LogP contribution in [-0.4, -0.2) is 35.1 Å². The lowest BCUT2D eigenvalue weighted by Crippen LogP contribution is -2.39. The van der Waals surface area contributed by atoms with E-state index in [2.05, 4.69) is 54.2 Å². The van der Waals surface area contributed by atoms with Crippen molar-refractivity contribution in [2.45, 2.75) is 52.2 Å². The fraction of sp³-hybridized carbons (Fsp3) is 0.667. The van der Waals surface area contributed by atoms with Gasteiger partial charge in [-0.25, -0.2) is 0 Å². The molecule has 2 atom stereocenters. The van der Waals surface area contributed by atoms with Gasteiger partial charge in [0.05, 0.1) is 5.69 Å². The van der Waals surface area contributed by atoms with E-state index in [-0.39, 0.29) is 0 Å². The number of hydrogen-bond acceptors (Lipinski definition) is 3. The minimum atomic E-state index is 0.625. The Hall–Kier alpha value is -0.930. The van der Waals surface area contributed by atoms with Crippen LogP contribution in [0.2, 0.25) is 0 Å². The third-order valence-electron chi connectivity index (χ3n) is 3.88. The standard InChI is InChI=1S/C15H25N3/c1-4-14-10-18(13(3)8-9-16-14)11-15-7-5-6-12(2)17-15/h5-7,13-14,16H,4,8-11H2,1-3H3. The Morgan fingerprint density at radius 2 is 2.28 bits per heavy atom. The molecule has 2 heterocycles. The maximum atomic E-state index is 4.62. The summed E-state index contributed by atoms with van der Waals surface area (Å²) in [5, 5.41) is 3.63. The van der Waals surface area contributed by atoms with Crippen LogP contribution in [0.4, 0.5) is 0 Å². The first-order valence-corrected chi connectivity index (χ1v) is 7.09. The van der Waals surface area contributed by atoms with Crippen molar-refractivity contribution in [1.82, 2.24) is 15.2 Å². The van der Waals surface area contributed by atoms with Crippen LogP contribution in [-0.2, 0) is 6.54 Å². The van der Waals surface area contributed by atoms with E-state index in [0.29, 0.717) is 12.1 Å². The smallest absolute Gasteiger partial charge is 0.0547 e. The lowest BCUT2D eigenvalue weighted by molar-refractivity contribution is 0.192. The molecule has 0 aliphatic carbocycles. The summed E-state index contributed by atoms with van der Waals surface area (Å²) in [4.78, 5) is 7.19. The lowest BCUT2D eigenvalue weighted by atomic mass is 10.1. The van der Waals surface area contributed by atoms with E-state index < -0.39 is 0 Å². The summed E-state index contributed by atoms with van der Waals surface area (Å²) in [6, 6.07) is 7.57. The van der Waals surface area contributed by atoms with Crippen LogP contribution in [0, 0.1) is 6.92 Å². The number of aromatic nitrogens is 1. The van der Waals surface area contributed by atoms with Crippen molar-refractivity contribution in [3.63, 3.8) is 0 Å². The Labute approximate surface area is 111 Å². The largest absolute Gasteiger partial charge is 0.313 e. The number of hydrogen-bond donors (Lipinski definition) is 1. The first kappa shape index (κ1) is 13.5. The third kappa shape index (κ3) is 3.53. The SMILES string of the molecule is CCC1CN(Cc2cccc(C)n2)C(C)CCN1. The maximum absolute atomic E-state index is 4.62. The van der Waals surface area contributed by atoms with Gasteiger partial charge in [-0.05, 0) is 45.4 Å². The van der Waals surface area contributed by atoms with Gasteiger partial charge in [0.25, 0.3) is 0 Å². The summed E-state index contributed by atoms with van der Waals surface area (Å²) < 4.78 is 0. The fourth-order valence-corrected chi connectivity index (χ4v) is 2.60. The molecule has 1 fully saturated rings. The number of rotatable bonds is 3. The predicted octanol–water partition coefficient (Wildman–Crippen LogP) is 2.35. The molecule has 0 radical (unpaired) electrons. The summed E-state index contributed by atoms with van der Waals surface area (Å²) in [5.41, 5.74) is 2.30. The zero-order valence-electron chi connectivity index (χ0n) is 11.8. The first-order valence-electron chi connectivity index (χ1n) is 7.09. The normalized spacial score (nSPS) is 25.9. The maximum Gasteiger partial charge on any atom is 0.0547 e. The molecule has 0 amide bonds. The molecule has 0 spiro atoms. The monoisotopic (exact) mass is 247 g/mol. The summed E-state index contributed by atoms with van der Waals surface area (Å²) in [5.74, 6) is 0. The van der Waals surface area contributed by atoms with Gasteiger partial charge in [0, 0.05) is 30.9 Å². The van der Waals surface area contributed by atoms with Crippen LogP contribution in [0.1, 0.15) is 38.1 Å². The second kappa shape index (κ2) is 6.30. The molecule has 0 bridgehead atoms. The highest BCUT2D eigenvalue weighted by Gasteiger charge is 2.22. The molecule has 2 rings (SSSR count). The molecule has 1 aromatic heterocycles. The van der Waals surface area contributed by atoms with Gasteiger partial charge in [-0.15, -0.1) is 0 Å². The van der Waals surface area contributed by atoms with Gasteiger partial charge in [-0.2, -0.15) is 0 Å². The predicted molar refractivity (Wildman–Crippen MR) is 75.5 cm³/mol. The molecule has 1 N–H and O–H groups in total. The molecular weight excluding hydrogens is 222 g/mol. The highest BCUT2D eigenvalue weighted by atomic mass is 15.2. The van der Waals surface area contributed by atoms with Gasteiger partial charge in [-0.1, -0.05) is 13.0 Å². The minimum Gasteiger partial charge on any atom is -0.313 e. The van der Waals surface area contributed by atoms with E-state index in [1.54, 1.807) is 0 Å². The Bertz CT molecular complexity index is 378. The molecule has 100 valence electrons. The van der Waals surface area contributed by atoms with Crippen molar-refractivity contribution in [1.29, 1.82) is 0 Å². The highest BCUT2D eigenvalue weighted by Crippen LogP contribution is 2.14. The summed E-state index contributed by atoms with van der Waals surface area (Å²) >= 11 is 0. The Kier molecular flexibility index (Phi) is 4.72. The van der Waals surface area contributed by atoms with Gasteiger partial charge in [0.15, 0.2) is 0 Å². The van der Waals surface area contributed by atoms with E-state index in [1.165, 1.54) is 18.5 Å². The number of aryl methyl sites for hydroxylation is 1. The molecule has 18 heavy (non-hydrogen) atoms. The van der Waals surface area contributed by atoms with Crippen LogP contribution < -0.4 is 5.32 Å². The average Bonchev–Trinajstić information content (AvgIpc) is 2.52. The van der Waals surface area contributed by atoms with Gasteiger partial charge >= 0.3 is 0 Å². The van der Waals surface area contributed by atoms with E-state index in [4.69, 9.17) is 0 Å². The molecule has 3 nitrogen and oxygen atoms in total. The molecule has 0 saturated carbocycles. The Balaban J connectivity index is 2.05. The highest BCUT2D eigenvalue weighted by molar-refractivity contribution is 5.10. The van der Waals surface area contributed by atoms with Crippen LogP contribution >= 0.6 is 0 Å². The van der Waals surface area contributed by atoms with E-state index >= 15 is 0 Å².